The van der Waals surface area contributed by atoms with E-state index < -0.39 is 0 Å². The number of H-pyrrole nitrogens is 1. The quantitative estimate of drug-likeness (QED) is 0.825. The molecule has 2 amide bonds. The first-order chi connectivity index (χ1) is 10.5. The van der Waals surface area contributed by atoms with Gasteiger partial charge in [0.1, 0.15) is 0 Å². The number of aromatic amines is 1. The molecule has 1 aliphatic heterocycles. The van der Waals surface area contributed by atoms with Gasteiger partial charge in [-0.3, -0.25) is 14.7 Å². The highest BCUT2D eigenvalue weighted by molar-refractivity contribution is 5.80. The lowest BCUT2D eigenvalue weighted by atomic mass is 10.1. The molecule has 6 nitrogen and oxygen atoms in total. The number of likely N-dealkylation sites (tertiary alicyclic amines) is 1. The maximum Gasteiger partial charge on any atom is 0.223 e. The van der Waals surface area contributed by atoms with Crippen LogP contribution < -0.4 is 5.32 Å². The van der Waals surface area contributed by atoms with Gasteiger partial charge in [-0.2, -0.15) is 5.10 Å². The topological polar surface area (TPSA) is 78.1 Å². The van der Waals surface area contributed by atoms with Crippen molar-refractivity contribution < 1.29 is 9.59 Å². The van der Waals surface area contributed by atoms with Crippen LogP contribution in [-0.2, 0) is 16.0 Å². The number of carbonyl (C=O) groups excluding carboxylic acids is 2. The Kier molecular flexibility index (Phi) is 4.18. The van der Waals surface area contributed by atoms with Crippen molar-refractivity contribution in [3.05, 3.63) is 17.0 Å². The smallest absolute Gasteiger partial charge is 0.223 e. The van der Waals surface area contributed by atoms with Crippen LogP contribution in [0.3, 0.4) is 0 Å². The molecular formula is C16H24N4O2. The Hall–Kier alpha value is -1.85. The van der Waals surface area contributed by atoms with Crippen LogP contribution in [0.2, 0.25) is 0 Å². The summed E-state index contributed by atoms with van der Waals surface area (Å²) in [5, 5.41) is 10.1. The van der Waals surface area contributed by atoms with Gasteiger partial charge < -0.3 is 10.2 Å². The summed E-state index contributed by atoms with van der Waals surface area (Å²) in [7, 11) is 0. The lowest BCUT2D eigenvalue weighted by molar-refractivity contribution is -0.128. The zero-order valence-electron chi connectivity index (χ0n) is 13.3. The average molecular weight is 304 g/mol. The molecule has 2 N–H and O–H groups in total. The Morgan fingerprint density at radius 1 is 1.41 bits per heavy atom. The molecule has 1 aromatic rings. The van der Waals surface area contributed by atoms with Gasteiger partial charge in [-0.25, -0.2) is 0 Å². The molecule has 22 heavy (non-hydrogen) atoms. The van der Waals surface area contributed by atoms with E-state index in [1.54, 1.807) is 0 Å². The molecule has 2 aliphatic rings. The van der Waals surface area contributed by atoms with Crippen LogP contribution in [0.25, 0.3) is 0 Å². The number of carbonyl (C=O) groups is 2. The minimum atomic E-state index is 0.0392. The van der Waals surface area contributed by atoms with Gasteiger partial charge >= 0.3 is 0 Å². The van der Waals surface area contributed by atoms with E-state index >= 15 is 0 Å². The Morgan fingerprint density at radius 3 is 2.82 bits per heavy atom. The first-order valence-electron chi connectivity index (χ1n) is 8.11. The Balaban J connectivity index is 1.39. The van der Waals surface area contributed by atoms with E-state index in [1.165, 1.54) is 0 Å². The first kappa shape index (κ1) is 15.1. The Labute approximate surface area is 130 Å². The van der Waals surface area contributed by atoms with Gasteiger partial charge in [0.2, 0.25) is 11.8 Å². The normalized spacial score (nSPS) is 21.5. The molecule has 120 valence electrons. The highest BCUT2D eigenvalue weighted by Crippen LogP contribution is 2.32. The average Bonchev–Trinajstić information content (AvgIpc) is 3.20. The predicted octanol–water partition coefficient (Wildman–Crippen LogP) is 1.09. The number of aryl methyl sites for hydroxylation is 2. The van der Waals surface area contributed by atoms with Crippen molar-refractivity contribution in [2.45, 2.75) is 52.0 Å². The number of amides is 2. The van der Waals surface area contributed by atoms with Crippen LogP contribution in [0, 0.1) is 19.8 Å². The largest absolute Gasteiger partial charge is 0.356 e. The predicted molar refractivity (Wildman–Crippen MR) is 82.2 cm³/mol. The monoisotopic (exact) mass is 304 g/mol. The van der Waals surface area contributed by atoms with Gasteiger partial charge in [0.15, 0.2) is 0 Å². The molecule has 1 saturated heterocycles. The van der Waals surface area contributed by atoms with Gasteiger partial charge in [-0.1, -0.05) is 0 Å². The maximum absolute atomic E-state index is 12.0. The van der Waals surface area contributed by atoms with E-state index in [-0.39, 0.29) is 17.7 Å². The summed E-state index contributed by atoms with van der Waals surface area (Å²) >= 11 is 0. The lowest BCUT2D eigenvalue weighted by Gasteiger charge is -2.15. The molecular weight excluding hydrogens is 280 g/mol. The second-order valence-electron chi connectivity index (χ2n) is 6.57. The van der Waals surface area contributed by atoms with Gasteiger partial charge in [0, 0.05) is 50.0 Å². The van der Waals surface area contributed by atoms with Crippen molar-refractivity contribution in [3.8, 4) is 0 Å². The highest BCUT2D eigenvalue weighted by Gasteiger charge is 2.39. The molecule has 2 fully saturated rings. The van der Waals surface area contributed by atoms with Gasteiger partial charge in [-0.15, -0.1) is 0 Å². The third-order valence-corrected chi connectivity index (χ3v) is 4.76. The first-order valence-corrected chi connectivity index (χ1v) is 8.11. The second kappa shape index (κ2) is 6.10. The number of hydrogen-bond acceptors (Lipinski definition) is 3. The molecule has 0 bridgehead atoms. The summed E-state index contributed by atoms with van der Waals surface area (Å²) in [4.78, 5) is 25.8. The Bertz CT molecular complexity index is 577. The van der Waals surface area contributed by atoms with E-state index in [0.29, 0.717) is 31.8 Å². The number of nitrogens with zero attached hydrogens (tertiary/aromatic N) is 2. The Morgan fingerprint density at radius 2 is 2.18 bits per heavy atom. The van der Waals surface area contributed by atoms with Crippen molar-refractivity contribution in [1.82, 2.24) is 20.4 Å². The fraction of sp³-hybridized carbons (Fsp3) is 0.688. The SMILES string of the molecule is Cc1[nH]nc(CCC(=O)NC[C@@H]2CC(=O)N(C3CC3)C2)c1C. The zero-order valence-corrected chi connectivity index (χ0v) is 13.3. The van der Waals surface area contributed by atoms with Crippen LogP contribution in [0.4, 0.5) is 0 Å². The lowest BCUT2D eigenvalue weighted by Crippen LogP contribution is -2.32. The summed E-state index contributed by atoms with van der Waals surface area (Å²) in [6, 6.07) is 0.485. The van der Waals surface area contributed by atoms with E-state index in [9.17, 15) is 9.59 Å². The molecule has 1 saturated carbocycles. The summed E-state index contributed by atoms with van der Waals surface area (Å²) in [6.07, 6.45) is 3.97. The van der Waals surface area contributed by atoms with Crippen molar-refractivity contribution in [2.75, 3.05) is 13.1 Å². The van der Waals surface area contributed by atoms with Crippen LogP contribution in [-0.4, -0.2) is 46.0 Å². The number of nitrogens with one attached hydrogen (secondary N) is 2. The van der Waals surface area contributed by atoms with Crippen LogP contribution in [0.15, 0.2) is 0 Å². The van der Waals surface area contributed by atoms with Gasteiger partial charge in [0.25, 0.3) is 0 Å². The molecule has 0 spiro atoms. The summed E-state index contributed by atoms with van der Waals surface area (Å²) in [6.45, 7) is 5.41. The van der Waals surface area contributed by atoms with Crippen LogP contribution >= 0.6 is 0 Å². The zero-order chi connectivity index (χ0) is 15.7. The number of hydrogen-bond donors (Lipinski definition) is 2. The standard InChI is InChI=1S/C16H24N4O2/c1-10-11(2)18-19-14(10)5-6-15(21)17-8-12-7-16(22)20(9-12)13-3-4-13/h12-13H,3-9H2,1-2H3,(H,17,21)(H,18,19)/t12-/m0/s1. The molecule has 3 rings (SSSR count). The molecule has 1 aliphatic carbocycles. The van der Waals surface area contributed by atoms with Gasteiger partial charge in [0.05, 0.1) is 5.69 Å². The highest BCUT2D eigenvalue weighted by atomic mass is 16.2. The molecule has 6 heteroatoms. The fourth-order valence-electron chi connectivity index (χ4n) is 3.04. The minimum Gasteiger partial charge on any atom is -0.356 e. The fourth-order valence-corrected chi connectivity index (χ4v) is 3.04. The molecule has 1 aromatic heterocycles. The third kappa shape index (κ3) is 3.31. The number of aromatic nitrogens is 2. The molecule has 1 atom stereocenters. The molecule has 0 aromatic carbocycles. The van der Waals surface area contributed by atoms with Crippen LogP contribution in [0.1, 0.15) is 42.6 Å². The van der Waals surface area contributed by atoms with Crippen molar-refractivity contribution >= 4 is 11.8 Å². The van der Waals surface area contributed by atoms with Gasteiger partial charge in [-0.05, 0) is 32.3 Å². The van der Waals surface area contributed by atoms with Crippen molar-refractivity contribution in [1.29, 1.82) is 0 Å². The molecule has 0 radical (unpaired) electrons. The third-order valence-electron chi connectivity index (χ3n) is 4.76. The van der Waals surface area contributed by atoms with E-state index in [4.69, 9.17) is 0 Å². The van der Waals surface area contributed by atoms with E-state index in [2.05, 4.69) is 15.5 Å². The summed E-state index contributed by atoms with van der Waals surface area (Å²) in [5.41, 5.74) is 3.15. The van der Waals surface area contributed by atoms with Crippen molar-refractivity contribution in [3.63, 3.8) is 0 Å². The molecule has 2 heterocycles. The molecule has 0 unspecified atom stereocenters. The maximum atomic E-state index is 12.0. The van der Waals surface area contributed by atoms with Crippen molar-refractivity contribution in [2.24, 2.45) is 5.92 Å². The van der Waals surface area contributed by atoms with E-state index in [0.717, 1.165) is 36.3 Å². The summed E-state index contributed by atoms with van der Waals surface area (Å²) in [5.74, 6) is 0.563. The number of rotatable bonds is 6. The minimum absolute atomic E-state index is 0.0392. The van der Waals surface area contributed by atoms with E-state index in [1.807, 2.05) is 18.7 Å². The summed E-state index contributed by atoms with van der Waals surface area (Å²) < 4.78 is 0. The second-order valence-corrected chi connectivity index (χ2v) is 6.57. The van der Waals surface area contributed by atoms with Crippen LogP contribution in [0.5, 0.6) is 0 Å².